The Labute approximate surface area is 140 Å². The second kappa shape index (κ2) is 13.7. The van der Waals surface area contributed by atoms with Crippen LogP contribution in [-0.2, 0) is 23.7 Å². The Kier molecular flexibility index (Phi) is 13.3. The van der Waals surface area contributed by atoms with E-state index in [1.165, 1.54) is 0 Å². The lowest BCUT2D eigenvalue weighted by molar-refractivity contribution is -0.138. The SMILES string of the molecule is CCCOC(C)COC(C)COC(C)COC(C)CCC(=O)O. The Bertz CT molecular complexity index is 297. The van der Waals surface area contributed by atoms with Gasteiger partial charge in [0.05, 0.1) is 44.2 Å². The first-order valence-electron chi connectivity index (χ1n) is 8.53. The highest BCUT2D eigenvalue weighted by Gasteiger charge is 2.12. The molecule has 0 aromatic heterocycles. The maximum absolute atomic E-state index is 10.5. The van der Waals surface area contributed by atoms with Crippen LogP contribution >= 0.6 is 0 Å². The summed E-state index contributed by atoms with van der Waals surface area (Å²) in [7, 11) is 0. The Morgan fingerprint density at radius 3 is 1.70 bits per heavy atom. The average Bonchev–Trinajstić information content (AvgIpc) is 2.52. The summed E-state index contributed by atoms with van der Waals surface area (Å²) in [5.74, 6) is -0.798. The second-order valence-electron chi connectivity index (χ2n) is 6.05. The molecule has 0 aromatic carbocycles. The molecule has 0 amide bonds. The first-order valence-corrected chi connectivity index (χ1v) is 8.53. The van der Waals surface area contributed by atoms with Crippen molar-refractivity contribution in [3.8, 4) is 0 Å². The molecule has 0 spiro atoms. The summed E-state index contributed by atoms with van der Waals surface area (Å²) in [6.45, 7) is 12.1. The van der Waals surface area contributed by atoms with E-state index in [1.807, 2.05) is 27.7 Å². The van der Waals surface area contributed by atoms with E-state index in [9.17, 15) is 4.79 Å². The highest BCUT2D eigenvalue weighted by atomic mass is 16.6. The first kappa shape index (κ1) is 22.3. The molecule has 0 saturated carbocycles. The van der Waals surface area contributed by atoms with Crippen LogP contribution in [0.1, 0.15) is 53.9 Å². The summed E-state index contributed by atoms with van der Waals surface area (Å²) < 4.78 is 22.5. The third kappa shape index (κ3) is 14.6. The number of carboxylic acid groups (broad SMARTS) is 1. The lowest BCUT2D eigenvalue weighted by Crippen LogP contribution is -2.27. The molecule has 4 unspecified atom stereocenters. The van der Waals surface area contributed by atoms with E-state index < -0.39 is 5.97 Å². The number of carboxylic acids is 1. The van der Waals surface area contributed by atoms with Gasteiger partial charge in [0.1, 0.15) is 0 Å². The molecule has 0 saturated heterocycles. The number of rotatable bonds is 15. The molecular weight excluding hydrogens is 300 g/mol. The Hall–Kier alpha value is -0.690. The van der Waals surface area contributed by atoms with Crippen molar-refractivity contribution in [2.75, 3.05) is 26.4 Å². The molecule has 4 atom stereocenters. The molecule has 0 radical (unpaired) electrons. The monoisotopic (exact) mass is 334 g/mol. The summed E-state index contributed by atoms with van der Waals surface area (Å²) in [4.78, 5) is 10.5. The fraction of sp³-hybridized carbons (Fsp3) is 0.941. The van der Waals surface area contributed by atoms with Crippen molar-refractivity contribution in [3.63, 3.8) is 0 Å². The summed E-state index contributed by atoms with van der Waals surface area (Å²) in [5.41, 5.74) is 0. The van der Waals surface area contributed by atoms with Gasteiger partial charge in [0, 0.05) is 13.0 Å². The van der Waals surface area contributed by atoms with Gasteiger partial charge in [-0.3, -0.25) is 4.79 Å². The molecular formula is C17H34O6. The number of hydrogen-bond donors (Lipinski definition) is 1. The molecule has 6 heteroatoms. The van der Waals surface area contributed by atoms with Crippen molar-refractivity contribution in [1.29, 1.82) is 0 Å². The van der Waals surface area contributed by atoms with E-state index in [0.29, 0.717) is 26.2 Å². The summed E-state index contributed by atoms with van der Waals surface area (Å²) in [6.07, 6.45) is 1.59. The first-order chi connectivity index (χ1) is 10.8. The van der Waals surface area contributed by atoms with Gasteiger partial charge in [0.15, 0.2) is 0 Å². The van der Waals surface area contributed by atoms with Crippen molar-refractivity contribution in [1.82, 2.24) is 0 Å². The Balaban J connectivity index is 3.66. The molecule has 0 aliphatic carbocycles. The van der Waals surface area contributed by atoms with Crippen LogP contribution in [0.4, 0.5) is 0 Å². The van der Waals surface area contributed by atoms with Gasteiger partial charge < -0.3 is 24.1 Å². The normalized spacial score (nSPS) is 16.7. The molecule has 0 bridgehead atoms. The quantitative estimate of drug-likeness (QED) is 0.496. The number of carbonyl (C=O) groups is 1. The van der Waals surface area contributed by atoms with Gasteiger partial charge in [0.2, 0.25) is 0 Å². The summed E-state index contributed by atoms with van der Waals surface area (Å²) in [5, 5.41) is 8.62. The van der Waals surface area contributed by atoms with Gasteiger partial charge in [0.25, 0.3) is 0 Å². The molecule has 23 heavy (non-hydrogen) atoms. The standard InChI is InChI=1S/C17H34O6/c1-6-9-20-14(3)10-22-16(5)12-23-15(4)11-21-13(2)7-8-17(18)19/h13-16H,6-12H2,1-5H3,(H,18,19). The fourth-order valence-electron chi connectivity index (χ4n) is 1.77. The van der Waals surface area contributed by atoms with Crippen LogP contribution in [0, 0.1) is 0 Å². The Morgan fingerprint density at radius 1 is 0.826 bits per heavy atom. The molecule has 0 aliphatic rings. The van der Waals surface area contributed by atoms with Gasteiger partial charge in [-0.15, -0.1) is 0 Å². The van der Waals surface area contributed by atoms with Crippen LogP contribution in [0.3, 0.4) is 0 Å². The maximum Gasteiger partial charge on any atom is 0.303 e. The van der Waals surface area contributed by atoms with Gasteiger partial charge in [-0.2, -0.15) is 0 Å². The minimum absolute atomic E-state index is 0.00504. The fourth-order valence-corrected chi connectivity index (χ4v) is 1.77. The third-order valence-electron chi connectivity index (χ3n) is 3.22. The number of ether oxygens (including phenoxy) is 4. The predicted octanol–water partition coefficient (Wildman–Crippen LogP) is 2.88. The van der Waals surface area contributed by atoms with E-state index >= 15 is 0 Å². The highest BCUT2D eigenvalue weighted by Crippen LogP contribution is 2.05. The lowest BCUT2D eigenvalue weighted by atomic mass is 10.2. The van der Waals surface area contributed by atoms with E-state index in [2.05, 4.69) is 6.92 Å². The summed E-state index contributed by atoms with van der Waals surface area (Å²) in [6, 6.07) is 0. The van der Waals surface area contributed by atoms with Crippen LogP contribution in [-0.4, -0.2) is 61.9 Å². The lowest BCUT2D eigenvalue weighted by Gasteiger charge is -2.21. The summed E-state index contributed by atoms with van der Waals surface area (Å²) >= 11 is 0. The maximum atomic E-state index is 10.5. The van der Waals surface area contributed by atoms with Crippen molar-refractivity contribution in [2.45, 2.75) is 78.3 Å². The molecule has 0 aromatic rings. The van der Waals surface area contributed by atoms with Gasteiger partial charge in [-0.1, -0.05) is 6.92 Å². The molecule has 6 nitrogen and oxygen atoms in total. The smallest absolute Gasteiger partial charge is 0.303 e. The van der Waals surface area contributed by atoms with Crippen molar-refractivity contribution >= 4 is 5.97 Å². The molecule has 0 heterocycles. The second-order valence-corrected chi connectivity index (χ2v) is 6.05. The largest absolute Gasteiger partial charge is 0.481 e. The van der Waals surface area contributed by atoms with Crippen LogP contribution in [0.2, 0.25) is 0 Å². The van der Waals surface area contributed by atoms with Crippen LogP contribution in [0.15, 0.2) is 0 Å². The van der Waals surface area contributed by atoms with E-state index in [0.717, 1.165) is 13.0 Å². The van der Waals surface area contributed by atoms with Crippen LogP contribution in [0.25, 0.3) is 0 Å². The van der Waals surface area contributed by atoms with E-state index in [4.69, 9.17) is 24.1 Å². The molecule has 0 aliphatic heterocycles. The van der Waals surface area contributed by atoms with Crippen LogP contribution in [0.5, 0.6) is 0 Å². The minimum atomic E-state index is -0.798. The molecule has 0 fully saturated rings. The molecule has 1 N–H and O–H groups in total. The van der Waals surface area contributed by atoms with Gasteiger partial charge in [-0.25, -0.2) is 0 Å². The van der Waals surface area contributed by atoms with E-state index in [1.54, 1.807) is 0 Å². The zero-order chi connectivity index (χ0) is 17.7. The zero-order valence-corrected chi connectivity index (χ0v) is 15.2. The number of hydrogen-bond acceptors (Lipinski definition) is 5. The van der Waals surface area contributed by atoms with Crippen LogP contribution < -0.4 is 0 Å². The zero-order valence-electron chi connectivity index (χ0n) is 15.2. The highest BCUT2D eigenvalue weighted by molar-refractivity contribution is 5.66. The third-order valence-corrected chi connectivity index (χ3v) is 3.22. The number of aliphatic carboxylic acids is 1. The topological polar surface area (TPSA) is 74.2 Å². The minimum Gasteiger partial charge on any atom is -0.481 e. The molecule has 0 rings (SSSR count). The van der Waals surface area contributed by atoms with Crippen molar-refractivity contribution in [3.05, 3.63) is 0 Å². The van der Waals surface area contributed by atoms with Gasteiger partial charge >= 0.3 is 5.97 Å². The predicted molar refractivity (Wildman–Crippen MR) is 88.8 cm³/mol. The Morgan fingerprint density at radius 2 is 1.26 bits per heavy atom. The van der Waals surface area contributed by atoms with Crippen molar-refractivity contribution < 1.29 is 28.8 Å². The van der Waals surface area contributed by atoms with Gasteiger partial charge in [-0.05, 0) is 40.5 Å². The average molecular weight is 334 g/mol. The van der Waals surface area contributed by atoms with Crippen molar-refractivity contribution in [2.24, 2.45) is 0 Å². The van der Waals surface area contributed by atoms with E-state index in [-0.39, 0.29) is 30.8 Å². The molecule has 138 valence electrons.